The van der Waals surface area contributed by atoms with Gasteiger partial charge in [-0.05, 0) is 72.4 Å². The molecule has 5 heteroatoms. The van der Waals surface area contributed by atoms with E-state index < -0.39 is 10.7 Å². The van der Waals surface area contributed by atoms with Gasteiger partial charge in [-0.3, -0.25) is 0 Å². The van der Waals surface area contributed by atoms with Crippen molar-refractivity contribution in [1.82, 2.24) is 0 Å². The third kappa shape index (κ3) is 5.17. The van der Waals surface area contributed by atoms with Gasteiger partial charge in [-0.15, -0.1) is 0 Å². The fraction of sp³-hybridized carbons (Fsp3) is 0.136. The van der Waals surface area contributed by atoms with E-state index in [1.807, 2.05) is 42.5 Å². The van der Waals surface area contributed by atoms with Gasteiger partial charge in [0.1, 0.15) is 16.5 Å². The van der Waals surface area contributed by atoms with Gasteiger partial charge >= 0.3 is 0 Å². The van der Waals surface area contributed by atoms with Gasteiger partial charge < -0.3 is 5.32 Å². The Morgan fingerprint density at radius 3 is 2.30 bits per heavy atom. The summed E-state index contributed by atoms with van der Waals surface area (Å²) in [6.07, 6.45) is 1.11. The minimum atomic E-state index is -2.42. The zero-order valence-corrected chi connectivity index (χ0v) is 15.7. The Kier molecular flexibility index (Phi) is 6.24. The highest BCUT2D eigenvalue weighted by Gasteiger charge is 2.12. The summed E-state index contributed by atoms with van der Waals surface area (Å²) in [6, 6.07) is 20.0. The molecule has 0 aromatic heterocycles. The number of rotatable bonds is 7. The maximum Gasteiger partial charge on any atom is 0.140 e. The molecule has 0 bridgehead atoms. The fourth-order valence-electron chi connectivity index (χ4n) is 3.00. The van der Waals surface area contributed by atoms with Crippen LogP contribution in [0.4, 0.5) is 15.8 Å². The predicted molar refractivity (Wildman–Crippen MR) is 109 cm³/mol. The molecule has 0 aliphatic rings. The first-order valence-electron chi connectivity index (χ1n) is 8.68. The maximum absolute atomic E-state index is 13.2. The quantitative estimate of drug-likeness (QED) is 0.592. The number of halogens is 1. The lowest BCUT2D eigenvalue weighted by atomic mass is 9.93. The van der Waals surface area contributed by atoms with Crippen LogP contribution in [0.15, 0.2) is 66.7 Å². The average Bonchev–Trinajstić information content (AvgIpc) is 2.66. The number of hydrogen-bond acceptors (Lipinski definition) is 3. The van der Waals surface area contributed by atoms with Crippen molar-refractivity contribution in [2.24, 2.45) is 0 Å². The summed E-state index contributed by atoms with van der Waals surface area (Å²) < 4.78 is 35.1. The molecule has 0 fully saturated rings. The topological polar surface area (TPSA) is 46.2 Å². The number of hydrogen-bond donors (Lipinski definition) is 2. The number of benzene rings is 3. The molecule has 0 heterocycles. The molecule has 0 amide bonds. The van der Waals surface area contributed by atoms with Gasteiger partial charge in [-0.25, -0.2) is 12.8 Å². The molecular formula is C22H21FNO2S. The molecule has 0 aliphatic carbocycles. The third-order valence-electron chi connectivity index (χ3n) is 4.44. The van der Waals surface area contributed by atoms with Gasteiger partial charge in [-0.1, -0.05) is 36.4 Å². The van der Waals surface area contributed by atoms with Crippen LogP contribution < -0.4 is 5.32 Å². The van der Waals surface area contributed by atoms with E-state index in [1.54, 1.807) is 12.1 Å². The van der Waals surface area contributed by atoms with E-state index in [4.69, 9.17) is 0 Å². The second-order valence-electron chi connectivity index (χ2n) is 6.33. The molecule has 1 N–H and O–H groups in total. The molecule has 3 aromatic carbocycles. The Bertz CT molecular complexity index is 975. The first-order valence-corrected chi connectivity index (χ1v) is 10.0. The lowest BCUT2D eigenvalue weighted by molar-refractivity contribution is 0.613. The Hall–Kier alpha value is -2.66. The highest BCUT2D eigenvalue weighted by atomic mass is 32.2. The molecule has 3 nitrogen and oxygen atoms in total. The van der Waals surface area contributed by atoms with Crippen LogP contribution in [0.1, 0.15) is 22.3 Å². The largest absolute Gasteiger partial charge is 0.355 e. The molecule has 0 aliphatic heterocycles. The summed E-state index contributed by atoms with van der Waals surface area (Å²) in [7, 11) is -2.42. The average molecular weight is 382 g/mol. The van der Waals surface area contributed by atoms with Crippen molar-refractivity contribution in [3.8, 4) is 0 Å². The van der Waals surface area contributed by atoms with Gasteiger partial charge in [0.2, 0.25) is 0 Å². The molecule has 3 aromatic rings. The SMILES string of the molecule is [CH2]c1c(CC[SH](=O)=O)ccc(Nc2ccc(F)cc2)c1Cc1ccccc1. The molecule has 0 unspecified atom stereocenters. The van der Waals surface area contributed by atoms with Crippen LogP contribution in [0.3, 0.4) is 0 Å². The predicted octanol–water partition coefficient (Wildman–Crippen LogP) is 4.50. The maximum atomic E-state index is 13.2. The van der Waals surface area contributed by atoms with Crippen LogP contribution in [0, 0.1) is 12.7 Å². The molecule has 1 radical (unpaired) electrons. The lowest BCUT2D eigenvalue weighted by Gasteiger charge is -2.18. The van der Waals surface area contributed by atoms with Gasteiger partial charge in [-0.2, -0.15) is 0 Å². The van der Waals surface area contributed by atoms with Crippen LogP contribution >= 0.6 is 0 Å². The van der Waals surface area contributed by atoms with Gasteiger partial charge in [0, 0.05) is 11.4 Å². The highest BCUT2D eigenvalue weighted by molar-refractivity contribution is 7.72. The minimum absolute atomic E-state index is 0.105. The minimum Gasteiger partial charge on any atom is -0.355 e. The zero-order valence-electron chi connectivity index (χ0n) is 14.8. The van der Waals surface area contributed by atoms with Crippen molar-refractivity contribution >= 4 is 22.1 Å². The Balaban J connectivity index is 1.97. The van der Waals surface area contributed by atoms with E-state index in [9.17, 15) is 12.8 Å². The van der Waals surface area contributed by atoms with E-state index in [0.29, 0.717) is 12.8 Å². The van der Waals surface area contributed by atoms with Gasteiger partial charge in [0.15, 0.2) is 0 Å². The van der Waals surface area contributed by atoms with E-state index in [-0.39, 0.29) is 11.6 Å². The van der Waals surface area contributed by atoms with E-state index in [0.717, 1.165) is 33.6 Å². The van der Waals surface area contributed by atoms with Crippen molar-refractivity contribution < 1.29 is 12.8 Å². The first-order chi connectivity index (χ1) is 13.0. The smallest absolute Gasteiger partial charge is 0.140 e. The normalized spacial score (nSPS) is 10.9. The fourth-order valence-corrected chi connectivity index (χ4v) is 3.42. The number of aryl methyl sites for hydroxylation is 1. The summed E-state index contributed by atoms with van der Waals surface area (Å²) in [5.74, 6) is -0.183. The van der Waals surface area contributed by atoms with Crippen molar-refractivity contribution in [2.45, 2.75) is 12.8 Å². The third-order valence-corrected chi connectivity index (χ3v) is 5.03. The molecular weight excluding hydrogens is 361 g/mol. The summed E-state index contributed by atoms with van der Waals surface area (Å²) in [6.45, 7) is 4.21. The molecule has 0 saturated heterocycles. The Morgan fingerprint density at radius 2 is 1.63 bits per heavy atom. The van der Waals surface area contributed by atoms with E-state index in [2.05, 4.69) is 12.2 Å². The summed E-state index contributed by atoms with van der Waals surface area (Å²) >= 11 is 0. The van der Waals surface area contributed by atoms with Crippen molar-refractivity contribution in [1.29, 1.82) is 0 Å². The number of thiol groups is 1. The monoisotopic (exact) mass is 382 g/mol. The van der Waals surface area contributed by atoms with Gasteiger partial charge in [0.25, 0.3) is 0 Å². The number of nitrogens with one attached hydrogen (secondary N) is 1. The number of anilines is 2. The summed E-state index contributed by atoms with van der Waals surface area (Å²) in [5, 5.41) is 3.33. The molecule has 0 atom stereocenters. The van der Waals surface area contributed by atoms with Crippen LogP contribution in [0.2, 0.25) is 0 Å². The Labute approximate surface area is 160 Å². The second-order valence-corrected chi connectivity index (χ2v) is 7.44. The van der Waals surface area contributed by atoms with Crippen LogP contribution in [-0.4, -0.2) is 14.2 Å². The molecule has 0 saturated carbocycles. The molecule has 3 rings (SSSR count). The Morgan fingerprint density at radius 1 is 0.926 bits per heavy atom. The molecule has 27 heavy (non-hydrogen) atoms. The first kappa shape index (κ1) is 19.1. The van der Waals surface area contributed by atoms with E-state index in [1.165, 1.54) is 12.1 Å². The van der Waals surface area contributed by atoms with Crippen LogP contribution in [0.25, 0.3) is 0 Å². The molecule has 139 valence electrons. The summed E-state index contributed by atoms with van der Waals surface area (Å²) in [5.41, 5.74) is 5.56. The van der Waals surface area contributed by atoms with Crippen LogP contribution in [-0.2, 0) is 23.5 Å². The lowest BCUT2D eigenvalue weighted by Crippen LogP contribution is -2.05. The van der Waals surface area contributed by atoms with Crippen molar-refractivity contribution in [3.05, 3.63) is 102 Å². The summed E-state index contributed by atoms with van der Waals surface area (Å²) in [4.78, 5) is 0. The van der Waals surface area contributed by atoms with Crippen molar-refractivity contribution in [3.63, 3.8) is 0 Å². The highest BCUT2D eigenvalue weighted by Crippen LogP contribution is 2.29. The second kappa shape index (κ2) is 8.82. The van der Waals surface area contributed by atoms with Crippen molar-refractivity contribution in [2.75, 3.05) is 11.1 Å². The molecule has 0 spiro atoms. The van der Waals surface area contributed by atoms with E-state index >= 15 is 0 Å². The van der Waals surface area contributed by atoms with Gasteiger partial charge in [0.05, 0.1) is 5.75 Å². The van der Waals surface area contributed by atoms with Crippen LogP contribution in [0.5, 0.6) is 0 Å². The standard InChI is InChI=1S/C22H21FNO2S/c1-16-18(13-14-27(25)26)7-12-22(24-20-10-8-19(23)9-11-20)21(16)15-17-5-3-2-4-6-17/h2-12,24,27H,1,13-15H2. The zero-order chi connectivity index (χ0) is 19.2.